The lowest BCUT2D eigenvalue weighted by molar-refractivity contribution is -0.385. The highest BCUT2D eigenvalue weighted by atomic mass is 19.1. The van der Waals surface area contributed by atoms with Gasteiger partial charge < -0.3 is 20.3 Å². The summed E-state index contributed by atoms with van der Waals surface area (Å²) in [5.41, 5.74) is 1.76. The molecule has 190 valence electrons. The zero-order valence-electron chi connectivity index (χ0n) is 20.1. The number of nitrogens with one attached hydrogen (secondary N) is 2. The van der Waals surface area contributed by atoms with Crippen molar-refractivity contribution in [3.63, 3.8) is 0 Å². The maximum atomic E-state index is 14.2. The predicted octanol–water partition coefficient (Wildman–Crippen LogP) is 4.16. The van der Waals surface area contributed by atoms with Gasteiger partial charge in [-0.1, -0.05) is 12.1 Å². The summed E-state index contributed by atoms with van der Waals surface area (Å²) in [7, 11) is 0. The molecule has 10 nitrogen and oxygen atoms in total. The monoisotopic (exact) mass is 503 g/mol. The van der Waals surface area contributed by atoms with Crippen molar-refractivity contribution in [3.05, 3.63) is 77.0 Å². The second-order valence-electron chi connectivity index (χ2n) is 8.64. The second kappa shape index (κ2) is 11.2. The van der Waals surface area contributed by atoms with Gasteiger partial charge in [0.1, 0.15) is 18.0 Å². The van der Waals surface area contributed by atoms with Crippen molar-refractivity contribution in [1.82, 2.24) is 25.2 Å². The smallest absolute Gasteiger partial charge is 0.311 e. The molecule has 1 saturated heterocycles. The van der Waals surface area contributed by atoms with Crippen molar-refractivity contribution in [2.45, 2.75) is 6.42 Å². The minimum Gasteiger partial charge on any atom is -0.487 e. The van der Waals surface area contributed by atoms with Crippen LogP contribution in [-0.4, -0.2) is 64.1 Å². The normalized spacial score (nSPS) is 14.0. The molecule has 0 aliphatic carbocycles. The van der Waals surface area contributed by atoms with E-state index in [0.29, 0.717) is 40.3 Å². The molecule has 1 aliphatic heterocycles. The molecule has 2 aromatic carbocycles. The summed E-state index contributed by atoms with van der Waals surface area (Å²) in [6, 6.07) is 12.8. The van der Waals surface area contributed by atoms with E-state index in [1.807, 2.05) is 0 Å². The van der Waals surface area contributed by atoms with Crippen LogP contribution < -0.4 is 15.4 Å². The van der Waals surface area contributed by atoms with Crippen molar-refractivity contribution in [1.29, 1.82) is 0 Å². The highest BCUT2D eigenvalue weighted by molar-refractivity contribution is 5.94. The van der Waals surface area contributed by atoms with Crippen molar-refractivity contribution in [2.24, 2.45) is 0 Å². The van der Waals surface area contributed by atoms with Crippen LogP contribution in [0.2, 0.25) is 0 Å². The third-order valence-electron chi connectivity index (χ3n) is 6.17. The highest BCUT2D eigenvalue weighted by Gasteiger charge is 2.20. The molecule has 0 unspecified atom stereocenters. The van der Waals surface area contributed by atoms with Crippen molar-refractivity contribution in [2.75, 3.05) is 44.6 Å². The molecule has 37 heavy (non-hydrogen) atoms. The van der Waals surface area contributed by atoms with E-state index in [0.717, 1.165) is 39.1 Å². The van der Waals surface area contributed by atoms with Crippen molar-refractivity contribution < 1.29 is 14.1 Å². The molecular weight excluding hydrogens is 477 g/mol. The summed E-state index contributed by atoms with van der Waals surface area (Å²) in [4.78, 5) is 26.6. The summed E-state index contributed by atoms with van der Waals surface area (Å²) in [5.74, 6) is 0.174. The summed E-state index contributed by atoms with van der Waals surface area (Å²) >= 11 is 0. The van der Waals surface area contributed by atoms with Crippen LogP contribution in [0.15, 0.2) is 61.1 Å². The van der Waals surface area contributed by atoms with Gasteiger partial charge in [-0.15, -0.1) is 0 Å². The first-order chi connectivity index (χ1) is 18.1. The van der Waals surface area contributed by atoms with E-state index in [9.17, 15) is 14.5 Å². The molecule has 3 heterocycles. The molecule has 1 aliphatic rings. The Bertz CT molecular complexity index is 1410. The van der Waals surface area contributed by atoms with Gasteiger partial charge in [-0.3, -0.25) is 15.1 Å². The Kier molecular flexibility index (Phi) is 7.43. The molecule has 5 rings (SSSR count). The number of benzene rings is 2. The SMILES string of the molecule is O=[N+]([O-])c1cc2c(Nc3ccnc(-c4ccccc4F)c3)ncnc2cc1OCCCN1CCNCC1. The number of piperazine rings is 1. The van der Waals surface area contributed by atoms with Gasteiger partial charge in [-0.2, -0.15) is 0 Å². The van der Waals surface area contributed by atoms with Crippen LogP contribution in [0.3, 0.4) is 0 Å². The number of ether oxygens (including phenoxy) is 1. The van der Waals surface area contributed by atoms with E-state index in [1.165, 1.54) is 18.5 Å². The molecule has 4 aromatic rings. The number of aromatic nitrogens is 3. The molecule has 0 amide bonds. The van der Waals surface area contributed by atoms with Gasteiger partial charge >= 0.3 is 5.69 Å². The zero-order valence-corrected chi connectivity index (χ0v) is 20.1. The van der Waals surface area contributed by atoms with Gasteiger partial charge in [0.2, 0.25) is 0 Å². The quantitative estimate of drug-likeness (QED) is 0.197. The number of anilines is 2. The summed E-state index contributed by atoms with van der Waals surface area (Å²) in [5, 5.41) is 18.8. The lowest BCUT2D eigenvalue weighted by Gasteiger charge is -2.26. The van der Waals surface area contributed by atoms with Crippen LogP contribution in [0.4, 0.5) is 21.6 Å². The fourth-order valence-corrected chi connectivity index (χ4v) is 4.30. The van der Waals surface area contributed by atoms with E-state index in [1.54, 1.807) is 42.6 Å². The van der Waals surface area contributed by atoms with Gasteiger partial charge in [-0.25, -0.2) is 14.4 Å². The van der Waals surface area contributed by atoms with Gasteiger partial charge in [0, 0.05) is 62.3 Å². The minimum atomic E-state index is -0.468. The summed E-state index contributed by atoms with van der Waals surface area (Å²) in [6.45, 7) is 5.15. The largest absolute Gasteiger partial charge is 0.487 e. The minimum absolute atomic E-state index is 0.158. The maximum absolute atomic E-state index is 14.2. The number of nitrogens with zero attached hydrogens (tertiary/aromatic N) is 5. The average Bonchev–Trinajstić information content (AvgIpc) is 2.92. The first-order valence-corrected chi connectivity index (χ1v) is 12.1. The highest BCUT2D eigenvalue weighted by Crippen LogP contribution is 2.35. The second-order valence-corrected chi connectivity index (χ2v) is 8.64. The number of hydrogen-bond donors (Lipinski definition) is 2. The molecule has 0 saturated carbocycles. The Hall–Kier alpha value is -4.22. The molecule has 2 aromatic heterocycles. The van der Waals surface area contributed by atoms with Crippen LogP contribution in [0, 0.1) is 15.9 Å². The number of rotatable bonds is 9. The number of hydrogen-bond acceptors (Lipinski definition) is 9. The van der Waals surface area contributed by atoms with Gasteiger partial charge in [-0.05, 0) is 30.7 Å². The molecule has 2 N–H and O–H groups in total. The van der Waals surface area contributed by atoms with E-state index in [-0.39, 0.29) is 17.3 Å². The molecule has 0 bridgehead atoms. The van der Waals surface area contributed by atoms with Crippen LogP contribution >= 0.6 is 0 Å². The molecule has 0 radical (unpaired) electrons. The summed E-state index contributed by atoms with van der Waals surface area (Å²) in [6.07, 6.45) is 3.70. The third kappa shape index (κ3) is 5.79. The Labute approximate surface area is 212 Å². The molecule has 0 spiro atoms. The first kappa shape index (κ1) is 24.5. The zero-order chi connectivity index (χ0) is 25.6. The number of fused-ring (bicyclic) bond motifs is 1. The molecule has 11 heteroatoms. The topological polar surface area (TPSA) is 118 Å². The lowest BCUT2D eigenvalue weighted by atomic mass is 10.1. The number of nitro groups is 1. The van der Waals surface area contributed by atoms with Crippen LogP contribution in [0.5, 0.6) is 5.75 Å². The van der Waals surface area contributed by atoms with E-state index < -0.39 is 4.92 Å². The van der Waals surface area contributed by atoms with Crippen LogP contribution in [-0.2, 0) is 0 Å². The number of pyridine rings is 1. The van der Waals surface area contributed by atoms with Crippen molar-refractivity contribution >= 4 is 28.1 Å². The third-order valence-corrected chi connectivity index (χ3v) is 6.17. The van der Waals surface area contributed by atoms with Gasteiger partial charge in [0.15, 0.2) is 5.75 Å². The van der Waals surface area contributed by atoms with Crippen LogP contribution in [0.25, 0.3) is 22.2 Å². The lowest BCUT2D eigenvalue weighted by Crippen LogP contribution is -2.43. The van der Waals surface area contributed by atoms with Gasteiger partial charge in [0.05, 0.1) is 28.1 Å². The Balaban J connectivity index is 1.36. The molecule has 0 atom stereocenters. The molecular formula is C26H26FN7O3. The fraction of sp³-hybridized carbons (Fsp3) is 0.269. The number of halogens is 1. The van der Waals surface area contributed by atoms with Crippen molar-refractivity contribution in [3.8, 4) is 17.0 Å². The Morgan fingerprint density at radius 2 is 1.95 bits per heavy atom. The molecule has 1 fully saturated rings. The average molecular weight is 504 g/mol. The van der Waals surface area contributed by atoms with E-state index >= 15 is 0 Å². The van der Waals surface area contributed by atoms with Crippen LogP contribution in [0.1, 0.15) is 6.42 Å². The first-order valence-electron chi connectivity index (χ1n) is 12.1. The maximum Gasteiger partial charge on any atom is 0.311 e. The fourth-order valence-electron chi connectivity index (χ4n) is 4.30. The van der Waals surface area contributed by atoms with E-state index in [4.69, 9.17) is 4.74 Å². The Morgan fingerprint density at radius 3 is 2.76 bits per heavy atom. The number of nitro benzene ring substituents is 1. The van der Waals surface area contributed by atoms with Gasteiger partial charge in [0.25, 0.3) is 0 Å². The predicted molar refractivity (Wildman–Crippen MR) is 139 cm³/mol. The Morgan fingerprint density at radius 1 is 1.11 bits per heavy atom. The standard InChI is InChI=1S/C26H26FN7O3/c27-21-5-2-1-4-19(21)22-14-18(6-7-29-22)32-26-20-15-24(34(35)36)25(16-23(20)30-17-31-26)37-13-3-10-33-11-8-28-9-12-33/h1-2,4-7,14-17,28H,3,8-13H2,(H,29,30,31,32). The summed E-state index contributed by atoms with van der Waals surface area (Å²) < 4.78 is 20.1. The van der Waals surface area contributed by atoms with E-state index in [2.05, 4.69) is 30.5 Å².